The van der Waals surface area contributed by atoms with Crippen molar-refractivity contribution in [3.8, 4) is 34.5 Å². The SMILES string of the molecule is CC(=O)Cl.CC(=O)NCC(O)CCOc1ccc([C@H]2c3[nH]c4ccc(Cl)cc4c3CCN2C(=O)Oc2ccc(Cl)cc2)cc1.N.NCC(O)CCOc1ccc([C@H]2c3[nH]c4ccc(Cl)cc4c3CCN2C(=O)Oc2ccc(Cl)cc2)cc1.O.O=C(Oc1ccc(Cl)cc1)N1CCc2c([nH]c3ccc(Cl)cc23)[C@@H]1c1ccc(OCCC2CO2)cc1. The van der Waals surface area contributed by atoms with E-state index in [4.69, 9.17) is 108 Å². The van der Waals surface area contributed by atoms with Crippen LogP contribution >= 0.6 is 81.2 Å². The Morgan fingerprint density at radius 1 is 0.454 bits per heavy atom. The Hall–Kier alpha value is -10.3. The molecule has 16 rings (SSSR count). The highest BCUT2D eigenvalue weighted by Gasteiger charge is 2.40. The number of halogens is 7. The number of amides is 4. The maximum atomic E-state index is 13.4. The number of benzene rings is 9. The van der Waals surface area contributed by atoms with Crippen molar-refractivity contribution in [3.05, 3.63) is 281 Å². The molecule has 31 heteroatoms. The summed E-state index contributed by atoms with van der Waals surface area (Å²) in [5, 5.41) is 28.7. The molecule has 624 valence electrons. The molecule has 4 aliphatic rings. The van der Waals surface area contributed by atoms with E-state index in [0.717, 1.165) is 102 Å². The van der Waals surface area contributed by atoms with Crippen LogP contribution in [0.5, 0.6) is 34.5 Å². The molecule has 4 aliphatic heterocycles. The van der Waals surface area contributed by atoms with Crippen LogP contribution in [0.2, 0.25) is 30.1 Å². The molecular weight excluding hydrogens is 1670 g/mol. The zero-order valence-corrected chi connectivity index (χ0v) is 70.0. The maximum Gasteiger partial charge on any atom is 0.416 e. The van der Waals surface area contributed by atoms with E-state index in [-0.39, 0.29) is 48.5 Å². The molecule has 1 saturated heterocycles. The third-order valence-electron chi connectivity index (χ3n) is 20.0. The highest BCUT2D eigenvalue weighted by Crippen LogP contribution is 2.44. The van der Waals surface area contributed by atoms with Crippen molar-refractivity contribution in [2.24, 2.45) is 5.73 Å². The summed E-state index contributed by atoms with van der Waals surface area (Å²) in [6.07, 6.45) is 1.40. The number of aromatic amines is 3. The van der Waals surface area contributed by atoms with Gasteiger partial charge in [0.2, 0.25) is 11.1 Å². The number of carbonyl (C=O) groups is 5. The first-order chi connectivity index (χ1) is 56.5. The third-order valence-corrected chi connectivity index (χ3v) is 21.5. The van der Waals surface area contributed by atoms with Crippen LogP contribution in [-0.2, 0) is 33.6 Å². The molecule has 0 saturated carbocycles. The Balaban J connectivity index is 0.000000170. The molecule has 0 radical (unpaired) electrons. The van der Waals surface area contributed by atoms with Gasteiger partial charge in [0.15, 0.2) is 0 Å². The number of fused-ring (bicyclic) bond motifs is 9. The zero-order valence-electron chi connectivity index (χ0n) is 64.7. The molecule has 0 aliphatic carbocycles. The Bertz CT molecular complexity index is 5460. The average Bonchev–Trinajstić information content (AvgIpc) is 1.62. The number of aromatic nitrogens is 3. The van der Waals surface area contributed by atoms with Crippen molar-refractivity contribution < 1.29 is 72.8 Å². The van der Waals surface area contributed by atoms with E-state index in [9.17, 15) is 34.2 Å². The second kappa shape index (κ2) is 41.6. The highest BCUT2D eigenvalue weighted by molar-refractivity contribution is 6.62. The van der Waals surface area contributed by atoms with Gasteiger partial charge in [-0.2, -0.15) is 0 Å². The van der Waals surface area contributed by atoms with Gasteiger partial charge in [-0.1, -0.05) is 106 Å². The number of H-pyrrole nitrogens is 3. The fraction of sp³-hybridized carbons (Fsp3) is 0.261. The van der Waals surface area contributed by atoms with Gasteiger partial charge in [-0.3, -0.25) is 24.3 Å². The van der Waals surface area contributed by atoms with Crippen molar-refractivity contribution >= 4 is 143 Å². The lowest BCUT2D eigenvalue weighted by atomic mass is 9.92. The molecule has 3 aromatic heterocycles. The number of aliphatic hydroxyl groups excluding tert-OH is 2. The summed E-state index contributed by atoms with van der Waals surface area (Å²) >= 11 is 41.5. The van der Waals surface area contributed by atoms with Crippen LogP contribution in [0, 0.1) is 0 Å². The average molecular weight is 1760 g/mol. The number of aliphatic hydroxyl groups is 2. The molecule has 12 aromatic rings. The lowest BCUT2D eigenvalue weighted by Gasteiger charge is -2.35. The number of nitrogens with zero attached hydrogens (tertiary/aromatic N) is 3. The summed E-state index contributed by atoms with van der Waals surface area (Å²) in [4.78, 5) is 76.2. The lowest BCUT2D eigenvalue weighted by molar-refractivity contribution is -0.119. The Kier molecular flexibility index (Phi) is 31.3. The number of epoxide rings is 1. The third kappa shape index (κ3) is 23.2. The van der Waals surface area contributed by atoms with Gasteiger partial charge in [0.25, 0.3) is 0 Å². The molecule has 1 fully saturated rings. The summed E-state index contributed by atoms with van der Waals surface area (Å²) in [5.41, 5.74) is 17.3. The second-order valence-electron chi connectivity index (χ2n) is 28.1. The van der Waals surface area contributed by atoms with Gasteiger partial charge < -0.3 is 81.0 Å². The zero-order chi connectivity index (χ0) is 82.4. The molecule has 119 heavy (non-hydrogen) atoms. The van der Waals surface area contributed by atoms with E-state index in [2.05, 4.69) is 31.9 Å². The predicted molar refractivity (Wildman–Crippen MR) is 463 cm³/mol. The van der Waals surface area contributed by atoms with Crippen molar-refractivity contribution in [3.63, 3.8) is 0 Å². The fourth-order valence-electron chi connectivity index (χ4n) is 14.3. The molecule has 9 aromatic carbocycles. The molecule has 4 amide bonds. The molecular formula is C88H88Cl7N9O15. The normalized spacial score (nSPS) is 16.0. The highest BCUT2D eigenvalue weighted by atomic mass is 35.5. The lowest BCUT2D eigenvalue weighted by Crippen LogP contribution is -2.42. The van der Waals surface area contributed by atoms with Crippen molar-refractivity contribution in [2.75, 3.05) is 59.2 Å². The van der Waals surface area contributed by atoms with Gasteiger partial charge in [-0.25, -0.2) is 14.4 Å². The van der Waals surface area contributed by atoms with E-state index in [1.165, 1.54) is 13.8 Å². The Morgan fingerprint density at radius 3 is 1.03 bits per heavy atom. The van der Waals surface area contributed by atoms with Crippen LogP contribution in [0.3, 0.4) is 0 Å². The molecule has 7 heterocycles. The van der Waals surface area contributed by atoms with E-state index in [0.29, 0.717) is 130 Å². The van der Waals surface area contributed by atoms with Gasteiger partial charge in [0.05, 0.1) is 44.7 Å². The summed E-state index contributed by atoms with van der Waals surface area (Å²) in [5.74, 6) is 3.17. The largest absolute Gasteiger partial charge is 0.493 e. The molecule has 6 atom stereocenters. The molecule has 3 unspecified atom stereocenters. The first-order valence-corrected chi connectivity index (χ1v) is 40.5. The molecule has 0 spiro atoms. The van der Waals surface area contributed by atoms with E-state index in [1.807, 2.05) is 127 Å². The first-order valence-electron chi connectivity index (χ1n) is 37.9. The van der Waals surface area contributed by atoms with E-state index >= 15 is 0 Å². The topological polar surface area (TPSA) is 355 Å². The number of rotatable bonds is 21. The van der Waals surface area contributed by atoms with Gasteiger partial charge >= 0.3 is 18.3 Å². The van der Waals surface area contributed by atoms with Crippen molar-refractivity contribution in [1.29, 1.82) is 0 Å². The molecule has 13 N–H and O–H groups in total. The molecule has 24 nitrogen and oxygen atoms in total. The predicted octanol–water partition coefficient (Wildman–Crippen LogP) is 18.5. The van der Waals surface area contributed by atoms with Gasteiger partial charge in [0.1, 0.15) is 52.6 Å². The van der Waals surface area contributed by atoms with Crippen LogP contribution in [0.1, 0.15) is 102 Å². The number of nitrogens with one attached hydrogen (secondary N) is 4. The quantitative estimate of drug-likeness (QED) is 0.0245. The van der Waals surface area contributed by atoms with Gasteiger partial charge in [0, 0.05) is 146 Å². The van der Waals surface area contributed by atoms with Gasteiger partial charge in [-0.15, -0.1) is 0 Å². The number of hydrogen-bond acceptors (Lipinski definition) is 16. The first kappa shape index (κ1) is 89.5. The van der Waals surface area contributed by atoms with Crippen LogP contribution in [0.25, 0.3) is 32.7 Å². The van der Waals surface area contributed by atoms with Crippen LogP contribution in [0.15, 0.2) is 200 Å². The summed E-state index contributed by atoms with van der Waals surface area (Å²) in [7, 11) is 0. The smallest absolute Gasteiger partial charge is 0.416 e. The summed E-state index contributed by atoms with van der Waals surface area (Å²) < 4.78 is 39.9. The second-order valence-corrected chi connectivity index (χ2v) is 31.3. The number of hydrogen-bond donors (Lipinski definition) is 8. The summed E-state index contributed by atoms with van der Waals surface area (Å²) in [6.45, 7) is 6.58. The van der Waals surface area contributed by atoms with Crippen molar-refractivity contribution in [1.82, 2.24) is 41.1 Å². The Morgan fingerprint density at radius 2 is 0.739 bits per heavy atom. The fourth-order valence-corrected chi connectivity index (χ4v) is 15.2. The maximum absolute atomic E-state index is 13.4. The number of carbonyl (C=O) groups excluding carboxylic acids is 5. The summed E-state index contributed by atoms with van der Waals surface area (Å²) in [6, 6.07) is 59.3. The van der Waals surface area contributed by atoms with Gasteiger partial charge in [-0.05, 0) is 228 Å². The Labute approximate surface area is 721 Å². The molecule has 0 bridgehead atoms. The minimum Gasteiger partial charge on any atom is -0.493 e. The number of nitrogens with two attached hydrogens (primary N) is 1. The van der Waals surface area contributed by atoms with E-state index < -0.39 is 42.6 Å². The number of ether oxygens (including phenoxy) is 7. The van der Waals surface area contributed by atoms with E-state index in [1.54, 1.807) is 87.5 Å². The van der Waals surface area contributed by atoms with Crippen molar-refractivity contribution in [2.45, 2.75) is 88.8 Å². The van der Waals surface area contributed by atoms with Crippen LogP contribution in [-0.4, -0.2) is 152 Å². The monoisotopic (exact) mass is 1760 g/mol. The minimum absolute atomic E-state index is 0. The van der Waals surface area contributed by atoms with Crippen LogP contribution < -0.4 is 45.6 Å². The standard InChI is InChI=1S/C30H29Cl2N3O5.C28H27Cl2N3O4.C28H24Cl2N2O4.C2H3ClO.H3N.H2O/c1-18(36)33-17-22(37)13-15-39-23-7-2-19(3-8-23)29-28-25(26-16-21(32)6-11-27(26)34-28)12-14-35(29)30(38)40-24-9-4-20(31)5-10-24;29-18-3-8-22(9-4-18)37-28(35)33-13-11-23-24-15-19(30)5-10-25(24)32-26(23)27(33)17-1-6-21(7-2-17)36-14-12-20(34)16-31;29-18-3-8-21(9-4-18)36-28(33)32-13-11-23-24-15-19(30)5-10-25(24)31-26(23)27(32)17-1-6-20(7-2-17)34-14-12-22-16-35-22;1-2(3)4;;/h2-11,16,22,29,34,37H,12-15,17H2,1H3,(H,33,36);1-10,15,20,27,32,34H,11-14,16,31H2;1-10,15,22,27,31H,11-14,16H2;1H3;1H3;1H2/t22?,29-;20?,27-;22?,27-;;;/m000.../s1. The van der Waals surface area contributed by atoms with Crippen LogP contribution in [0.4, 0.5) is 14.4 Å². The minimum atomic E-state index is -0.695.